The summed E-state index contributed by atoms with van der Waals surface area (Å²) in [5, 5.41) is 1.05. The van der Waals surface area contributed by atoms with Crippen LogP contribution in [0.15, 0.2) is 42.5 Å². The fraction of sp³-hybridized carbons (Fsp3) is 0.0769. The van der Waals surface area contributed by atoms with Gasteiger partial charge in [0.2, 0.25) is 0 Å². The lowest BCUT2D eigenvalue weighted by atomic mass is 10.3. The van der Waals surface area contributed by atoms with Gasteiger partial charge in [0.1, 0.15) is 17.2 Å². The molecule has 0 aliphatic rings. The first-order valence-corrected chi connectivity index (χ1v) is 5.71. The summed E-state index contributed by atoms with van der Waals surface area (Å²) in [4.78, 5) is 0. The second kappa shape index (κ2) is 5.30. The maximum absolute atomic E-state index is 6.01. The first-order chi connectivity index (χ1) is 8.19. The number of ether oxygens (including phenoxy) is 2. The lowest BCUT2D eigenvalue weighted by Crippen LogP contribution is -1.87. The molecule has 0 unspecified atom stereocenters. The van der Waals surface area contributed by atoms with E-state index in [1.807, 2.05) is 18.2 Å². The molecule has 2 aromatic rings. The molecule has 0 atom stereocenters. The van der Waals surface area contributed by atoms with Crippen molar-refractivity contribution in [2.75, 3.05) is 7.11 Å². The Kier molecular flexibility index (Phi) is 3.77. The van der Waals surface area contributed by atoms with Crippen molar-refractivity contribution >= 4 is 23.2 Å². The predicted molar refractivity (Wildman–Crippen MR) is 69.5 cm³/mol. The zero-order valence-corrected chi connectivity index (χ0v) is 10.6. The number of benzene rings is 2. The van der Waals surface area contributed by atoms with Crippen LogP contribution in [0.25, 0.3) is 0 Å². The molecule has 0 aliphatic heterocycles. The van der Waals surface area contributed by atoms with Gasteiger partial charge in [-0.1, -0.05) is 29.3 Å². The van der Waals surface area contributed by atoms with Gasteiger partial charge in [0.15, 0.2) is 0 Å². The van der Waals surface area contributed by atoms with Crippen molar-refractivity contribution in [2.45, 2.75) is 0 Å². The van der Waals surface area contributed by atoms with Gasteiger partial charge < -0.3 is 9.47 Å². The summed E-state index contributed by atoms with van der Waals surface area (Å²) < 4.78 is 10.7. The molecule has 0 spiro atoms. The first-order valence-electron chi connectivity index (χ1n) is 4.96. The number of halogens is 2. The Hall–Kier alpha value is -1.38. The molecule has 0 fully saturated rings. The van der Waals surface area contributed by atoms with E-state index in [0.717, 1.165) is 5.75 Å². The average molecular weight is 269 g/mol. The third-order valence-corrected chi connectivity index (χ3v) is 2.69. The summed E-state index contributed by atoms with van der Waals surface area (Å²) >= 11 is 11.8. The average Bonchev–Trinajstić information content (AvgIpc) is 2.33. The molecule has 0 radical (unpaired) electrons. The molecule has 0 bridgehead atoms. The van der Waals surface area contributed by atoms with Crippen LogP contribution in [0.1, 0.15) is 0 Å². The van der Waals surface area contributed by atoms with Crippen LogP contribution in [0.5, 0.6) is 17.2 Å². The molecule has 0 saturated heterocycles. The number of hydrogen-bond acceptors (Lipinski definition) is 2. The predicted octanol–water partition coefficient (Wildman–Crippen LogP) is 4.79. The van der Waals surface area contributed by atoms with E-state index in [2.05, 4.69) is 0 Å². The molecular weight excluding hydrogens is 259 g/mol. The maximum atomic E-state index is 6.01. The Morgan fingerprint density at radius 1 is 0.941 bits per heavy atom. The Morgan fingerprint density at radius 3 is 2.41 bits per heavy atom. The minimum Gasteiger partial charge on any atom is -0.497 e. The number of rotatable bonds is 3. The smallest absolute Gasteiger partial charge is 0.146 e. The molecule has 0 N–H and O–H groups in total. The van der Waals surface area contributed by atoms with Crippen LogP contribution in [-0.4, -0.2) is 7.11 Å². The Morgan fingerprint density at radius 2 is 1.71 bits per heavy atom. The van der Waals surface area contributed by atoms with Gasteiger partial charge in [0.05, 0.1) is 12.1 Å². The highest BCUT2D eigenvalue weighted by Gasteiger charge is 2.04. The van der Waals surface area contributed by atoms with E-state index in [9.17, 15) is 0 Å². The summed E-state index contributed by atoms with van der Waals surface area (Å²) in [6.45, 7) is 0. The van der Waals surface area contributed by atoms with Crippen molar-refractivity contribution in [2.24, 2.45) is 0 Å². The van der Waals surface area contributed by atoms with Crippen molar-refractivity contribution in [3.05, 3.63) is 52.5 Å². The number of methoxy groups -OCH3 is 1. The molecule has 2 rings (SSSR count). The molecule has 2 nitrogen and oxygen atoms in total. The second-order valence-electron chi connectivity index (χ2n) is 3.36. The highest BCUT2D eigenvalue weighted by molar-refractivity contribution is 6.35. The maximum Gasteiger partial charge on any atom is 0.146 e. The van der Waals surface area contributed by atoms with Crippen molar-refractivity contribution < 1.29 is 9.47 Å². The third-order valence-electron chi connectivity index (χ3n) is 2.16. The van der Waals surface area contributed by atoms with Crippen molar-refractivity contribution in [3.8, 4) is 17.2 Å². The highest BCUT2D eigenvalue weighted by atomic mass is 35.5. The zero-order chi connectivity index (χ0) is 12.3. The Balaban J connectivity index is 2.25. The molecule has 0 aliphatic carbocycles. The first kappa shape index (κ1) is 12.1. The van der Waals surface area contributed by atoms with Gasteiger partial charge in [-0.05, 0) is 30.3 Å². The molecule has 0 saturated carbocycles. The largest absolute Gasteiger partial charge is 0.497 e. The van der Waals surface area contributed by atoms with Gasteiger partial charge in [-0.15, -0.1) is 0 Å². The normalized spacial score (nSPS) is 10.1. The van der Waals surface area contributed by atoms with Crippen LogP contribution < -0.4 is 9.47 Å². The van der Waals surface area contributed by atoms with E-state index in [4.69, 9.17) is 32.7 Å². The SMILES string of the molecule is COc1cccc(Oc2ccc(Cl)cc2Cl)c1. The second-order valence-corrected chi connectivity index (χ2v) is 4.20. The molecule has 4 heteroatoms. The van der Waals surface area contributed by atoms with E-state index in [0.29, 0.717) is 21.5 Å². The molecule has 2 aromatic carbocycles. The highest BCUT2D eigenvalue weighted by Crippen LogP contribution is 2.32. The van der Waals surface area contributed by atoms with Crippen LogP contribution in [-0.2, 0) is 0 Å². The van der Waals surface area contributed by atoms with Crippen molar-refractivity contribution in [3.63, 3.8) is 0 Å². The fourth-order valence-electron chi connectivity index (χ4n) is 1.35. The van der Waals surface area contributed by atoms with Crippen molar-refractivity contribution in [1.29, 1.82) is 0 Å². The Labute approximate surface area is 110 Å². The van der Waals surface area contributed by atoms with Gasteiger partial charge in [0.25, 0.3) is 0 Å². The summed E-state index contributed by atoms with van der Waals surface area (Å²) in [5.41, 5.74) is 0. The molecular formula is C13H10Cl2O2. The van der Waals surface area contributed by atoms with E-state index < -0.39 is 0 Å². The van der Waals surface area contributed by atoms with Gasteiger partial charge in [-0.3, -0.25) is 0 Å². The molecule has 0 amide bonds. The lowest BCUT2D eigenvalue weighted by Gasteiger charge is -2.08. The fourth-order valence-corrected chi connectivity index (χ4v) is 1.80. The minimum atomic E-state index is 0.473. The summed E-state index contributed by atoms with van der Waals surface area (Å²) in [7, 11) is 1.61. The van der Waals surface area contributed by atoms with E-state index >= 15 is 0 Å². The van der Waals surface area contributed by atoms with Gasteiger partial charge in [0, 0.05) is 11.1 Å². The quantitative estimate of drug-likeness (QED) is 0.797. The van der Waals surface area contributed by atoms with Gasteiger partial charge in [-0.2, -0.15) is 0 Å². The number of hydrogen-bond donors (Lipinski definition) is 0. The van der Waals surface area contributed by atoms with E-state index in [-0.39, 0.29) is 0 Å². The summed E-state index contributed by atoms with van der Waals surface area (Å²) in [6, 6.07) is 12.4. The summed E-state index contributed by atoms with van der Waals surface area (Å²) in [6.07, 6.45) is 0. The van der Waals surface area contributed by atoms with Crippen LogP contribution in [0.2, 0.25) is 10.0 Å². The molecule has 0 aromatic heterocycles. The molecule has 0 heterocycles. The zero-order valence-electron chi connectivity index (χ0n) is 9.11. The molecule has 17 heavy (non-hydrogen) atoms. The van der Waals surface area contributed by atoms with Gasteiger partial charge in [-0.25, -0.2) is 0 Å². The monoisotopic (exact) mass is 268 g/mol. The van der Waals surface area contributed by atoms with E-state index in [1.165, 1.54) is 0 Å². The van der Waals surface area contributed by atoms with Crippen LogP contribution in [0.4, 0.5) is 0 Å². The topological polar surface area (TPSA) is 18.5 Å². The standard InChI is InChI=1S/C13H10Cl2O2/c1-16-10-3-2-4-11(8-10)17-13-6-5-9(14)7-12(13)15/h2-8H,1H3. The van der Waals surface area contributed by atoms with Crippen LogP contribution in [0, 0.1) is 0 Å². The lowest BCUT2D eigenvalue weighted by molar-refractivity contribution is 0.409. The third kappa shape index (κ3) is 3.05. The van der Waals surface area contributed by atoms with Crippen LogP contribution >= 0.6 is 23.2 Å². The summed E-state index contributed by atoms with van der Waals surface area (Å²) in [5.74, 6) is 1.95. The van der Waals surface area contributed by atoms with Crippen molar-refractivity contribution in [1.82, 2.24) is 0 Å². The van der Waals surface area contributed by atoms with Gasteiger partial charge >= 0.3 is 0 Å². The van der Waals surface area contributed by atoms with E-state index in [1.54, 1.807) is 31.4 Å². The molecule has 88 valence electrons. The Bertz CT molecular complexity index is 527. The minimum absolute atomic E-state index is 0.473. The van der Waals surface area contributed by atoms with Crippen LogP contribution in [0.3, 0.4) is 0 Å².